The minimum absolute atomic E-state index is 0.402. The number of aryl methyl sites for hydroxylation is 1. The molecule has 6 heteroatoms. The normalized spacial score (nSPS) is 10.3. The summed E-state index contributed by atoms with van der Waals surface area (Å²) >= 11 is 1.33. The van der Waals surface area contributed by atoms with Crippen molar-refractivity contribution in [2.75, 3.05) is 11.9 Å². The quantitative estimate of drug-likeness (QED) is 0.786. The molecule has 0 aliphatic carbocycles. The Morgan fingerprint density at radius 2 is 2.24 bits per heavy atom. The van der Waals surface area contributed by atoms with Gasteiger partial charge >= 0.3 is 0 Å². The van der Waals surface area contributed by atoms with Gasteiger partial charge in [0.25, 0.3) is 0 Å². The van der Waals surface area contributed by atoms with E-state index >= 15 is 0 Å². The van der Waals surface area contributed by atoms with Gasteiger partial charge in [-0.05, 0) is 13.0 Å². The van der Waals surface area contributed by atoms with Crippen LogP contribution in [0.4, 0.5) is 9.39 Å². The molecule has 2 aromatic rings. The number of pyridine rings is 1. The molecule has 0 saturated carbocycles. The fraction of sp³-hybridized carbons (Fsp3) is 0.182. The number of rotatable bonds is 3. The van der Waals surface area contributed by atoms with Crippen molar-refractivity contribution in [3.05, 3.63) is 30.0 Å². The maximum absolute atomic E-state index is 13.0. The molecule has 0 unspecified atom stereocenters. The number of carbonyl (C=O) groups is 1. The first-order valence-electron chi connectivity index (χ1n) is 4.88. The second-order valence-corrected chi connectivity index (χ2v) is 4.50. The number of hydrogen-bond donors (Lipinski definition) is 0. The summed E-state index contributed by atoms with van der Waals surface area (Å²) < 4.78 is 13.0. The molecule has 0 aliphatic heterocycles. The number of carbonyl (C=O) groups excluding carboxylic acids is 1. The van der Waals surface area contributed by atoms with Crippen LogP contribution >= 0.6 is 11.3 Å². The maximum Gasteiger partial charge on any atom is 0.214 e. The molecular formula is C11H10FN3OS. The number of halogens is 1. The van der Waals surface area contributed by atoms with Crippen molar-refractivity contribution in [1.82, 2.24) is 9.97 Å². The minimum Gasteiger partial charge on any atom is -0.308 e. The first kappa shape index (κ1) is 11.7. The molecule has 0 bridgehead atoms. The van der Waals surface area contributed by atoms with Gasteiger partial charge in [0.2, 0.25) is 6.41 Å². The largest absolute Gasteiger partial charge is 0.308 e. The molecular weight excluding hydrogens is 241 g/mol. The van der Waals surface area contributed by atoms with Gasteiger partial charge in [0, 0.05) is 18.8 Å². The molecule has 0 aliphatic rings. The molecule has 0 radical (unpaired) electrons. The fourth-order valence-corrected chi connectivity index (χ4v) is 2.39. The van der Waals surface area contributed by atoms with E-state index in [1.54, 1.807) is 13.2 Å². The van der Waals surface area contributed by atoms with Crippen molar-refractivity contribution in [3.63, 3.8) is 0 Å². The third-order valence-electron chi connectivity index (χ3n) is 2.20. The standard InChI is InChI=1S/C11H10FN3OS/c1-7-11(15(2)6-16)17-10(14-7)8-3-9(12)5-13-4-8/h3-6H,1-2H3. The van der Waals surface area contributed by atoms with Gasteiger partial charge in [-0.2, -0.15) is 0 Å². The summed E-state index contributed by atoms with van der Waals surface area (Å²) in [5.74, 6) is -0.402. The number of anilines is 1. The predicted molar refractivity (Wildman–Crippen MR) is 64.5 cm³/mol. The van der Waals surface area contributed by atoms with E-state index in [1.165, 1.54) is 22.3 Å². The summed E-state index contributed by atoms with van der Waals surface area (Å²) in [6.45, 7) is 1.81. The van der Waals surface area contributed by atoms with Gasteiger partial charge in [0.15, 0.2) is 0 Å². The highest BCUT2D eigenvalue weighted by Gasteiger charge is 2.13. The lowest BCUT2D eigenvalue weighted by molar-refractivity contribution is -0.107. The van der Waals surface area contributed by atoms with E-state index in [0.717, 1.165) is 16.9 Å². The average molecular weight is 251 g/mol. The van der Waals surface area contributed by atoms with Crippen LogP contribution in [0, 0.1) is 12.7 Å². The lowest BCUT2D eigenvalue weighted by Crippen LogP contribution is -2.12. The summed E-state index contributed by atoms with van der Waals surface area (Å²) in [6, 6.07) is 1.37. The molecule has 0 spiro atoms. The van der Waals surface area contributed by atoms with Gasteiger partial charge in [-0.1, -0.05) is 11.3 Å². The van der Waals surface area contributed by atoms with Gasteiger partial charge < -0.3 is 4.90 Å². The molecule has 88 valence electrons. The first-order chi connectivity index (χ1) is 8.11. The Labute approximate surface area is 102 Å². The van der Waals surface area contributed by atoms with Crippen LogP contribution in [0.1, 0.15) is 5.69 Å². The van der Waals surface area contributed by atoms with Gasteiger partial charge in [0.1, 0.15) is 15.8 Å². The highest BCUT2D eigenvalue weighted by molar-refractivity contribution is 7.19. The van der Waals surface area contributed by atoms with Crippen LogP contribution in [-0.2, 0) is 4.79 Å². The Morgan fingerprint density at radius 1 is 1.47 bits per heavy atom. The Kier molecular flexibility index (Phi) is 3.14. The third kappa shape index (κ3) is 2.31. The van der Waals surface area contributed by atoms with Crippen molar-refractivity contribution in [3.8, 4) is 10.6 Å². The molecule has 2 rings (SSSR count). The zero-order valence-electron chi connectivity index (χ0n) is 9.35. The van der Waals surface area contributed by atoms with Crippen molar-refractivity contribution in [2.24, 2.45) is 0 Å². The summed E-state index contributed by atoms with van der Waals surface area (Å²) in [6.07, 6.45) is 3.41. The molecule has 4 nitrogen and oxygen atoms in total. The van der Waals surface area contributed by atoms with E-state index in [9.17, 15) is 9.18 Å². The maximum atomic E-state index is 13.0. The zero-order valence-corrected chi connectivity index (χ0v) is 10.2. The zero-order chi connectivity index (χ0) is 12.4. The highest BCUT2D eigenvalue weighted by Crippen LogP contribution is 2.33. The second kappa shape index (κ2) is 4.58. The van der Waals surface area contributed by atoms with Crippen LogP contribution in [0.3, 0.4) is 0 Å². The Bertz CT molecular complexity index is 555. The van der Waals surface area contributed by atoms with Crippen molar-refractivity contribution in [2.45, 2.75) is 6.92 Å². The van der Waals surface area contributed by atoms with Gasteiger partial charge in [-0.3, -0.25) is 9.78 Å². The first-order valence-corrected chi connectivity index (χ1v) is 5.70. The van der Waals surface area contributed by atoms with Gasteiger partial charge in [-0.15, -0.1) is 0 Å². The van der Waals surface area contributed by atoms with E-state index in [2.05, 4.69) is 9.97 Å². The molecule has 0 fully saturated rings. The summed E-state index contributed by atoms with van der Waals surface area (Å²) in [5.41, 5.74) is 1.35. The number of thiazole rings is 1. The van der Waals surface area contributed by atoms with E-state index in [4.69, 9.17) is 0 Å². The minimum atomic E-state index is -0.402. The van der Waals surface area contributed by atoms with Crippen molar-refractivity contribution >= 4 is 22.7 Å². The highest BCUT2D eigenvalue weighted by atomic mass is 32.1. The third-order valence-corrected chi connectivity index (χ3v) is 3.50. The Hall–Kier alpha value is -1.82. The van der Waals surface area contributed by atoms with Crippen LogP contribution < -0.4 is 4.90 Å². The summed E-state index contributed by atoms with van der Waals surface area (Å²) in [5, 5.41) is 1.40. The number of aromatic nitrogens is 2. The summed E-state index contributed by atoms with van der Waals surface area (Å²) in [7, 11) is 1.65. The second-order valence-electron chi connectivity index (χ2n) is 3.52. The van der Waals surface area contributed by atoms with E-state index in [0.29, 0.717) is 17.0 Å². The molecule has 1 amide bonds. The van der Waals surface area contributed by atoms with Crippen LogP contribution in [0.25, 0.3) is 10.6 Å². The predicted octanol–water partition coefficient (Wildman–Crippen LogP) is 2.25. The Balaban J connectivity index is 2.44. The van der Waals surface area contributed by atoms with Crippen LogP contribution in [0.2, 0.25) is 0 Å². The SMILES string of the molecule is Cc1nc(-c2cncc(F)c2)sc1N(C)C=O. The molecule has 0 atom stereocenters. The summed E-state index contributed by atoms with van der Waals surface area (Å²) in [4.78, 5) is 20.2. The van der Waals surface area contributed by atoms with E-state index in [-0.39, 0.29) is 0 Å². The number of amides is 1. The van der Waals surface area contributed by atoms with Gasteiger partial charge in [0.05, 0.1) is 11.9 Å². The lowest BCUT2D eigenvalue weighted by Gasteiger charge is -2.06. The van der Waals surface area contributed by atoms with Crippen LogP contribution in [0.15, 0.2) is 18.5 Å². The molecule has 2 heterocycles. The molecule has 0 aromatic carbocycles. The molecule has 0 N–H and O–H groups in total. The fourth-order valence-electron chi connectivity index (χ4n) is 1.42. The lowest BCUT2D eigenvalue weighted by atomic mass is 10.3. The van der Waals surface area contributed by atoms with E-state index in [1.807, 2.05) is 6.92 Å². The van der Waals surface area contributed by atoms with Gasteiger partial charge in [-0.25, -0.2) is 9.37 Å². The average Bonchev–Trinajstić information content (AvgIpc) is 2.70. The monoisotopic (exact) mass is 251 g/mol. The smallest absolute Gasteiger partial charge is 0.214 e. The van der Waals surface area contributed by atoms with Crippen molar-refractivity contribution in [1.29, 1.82) is 0 Å². The van der Waals surface area contributed by atoms with Crippen LogP contribution in [-0.4, -0.2) is 23.4 Å². The van der Waals surface area contributed by atoms with E-state index < -0.39 is 5.82 Å². The number of nitrogens with zero attached hydrogens (tertiary/aromatic N) is 3. The molecule has 17 heavy (non-hydrogen) atoms. The van der Waals surface area contributed by atoms with Crippen LogP contribution in [0.5, 0.6) is 0 Å². The number of hydrogen-bond acceptors (Lipinski definition) is 4. The molecule has 2 aromatic heterocycles. The molecule has 0 saturated heterocycles. The van der Waals surface area contributed by atoms with Crippen molar-refractivity contribution < 1.29 is 9.18 Å². The topological polar surface area (TPSA) is 46.1 Å². The Morgan fingerprint density at radius 3 is 2.88 bits per heavy atom.